The molecule has 0 aliphatic heterocycles. The van der Waals surface area contributed by atoms with Crippen molar-refractivity contribution in [1.29, 1.82) is 0 Å². The van der Waals surface area contributed by atoms with E-state index in [0.717, 1.165) is 40.2 Å². The minimum Gasteiger partial charge on any atom is -0.397 e. The van der Waals surface area contributed by atoms with E-state index in [0.29, 0.717) is 5.69 Å². The second kappa shape index (κ2) is 5.72. The average Bonchev–Trinajstić information content (AvgIpc) is 2.33. The zero-order valence-corrected chi connectivity index (χ0v) is 13.2. The normalized spacial score (nSPS) is 19.3. The van der Waals surface area contributed by atoms with E-state index in [1.54, 1.807) is 6.21 Å². The third-order valence-corrected chi connectivity index (χ3v) is 4.34. The molecular formula is C13H16Br2N2O. The van der Waals surface area contributed by atoms with Gasteiger partial charge in [-0.3, -0.25) is 4.99 Å². The Labute approximate surface area is 124 Å². The fourth-order valence-corrected chi connectivity index (χ4v) is 3.41. The molecule has 0 atom stereocenters. The molecule has 0 saturated heterocycles. The van der Waals surface area contributed by atoms with Crippen molar-refractivity contribution >= 4 is 43.8 Å². The summed E-state index contributed by atoms with van der Waals surface area (Å²) in [4.78, 5) is 4.34. The average molecular weight is 376 g/mol. The highest BCUT2D eigenvalue weighted by Crippen LogP contribution is 2.31. The summed E-state index contributed by atoms with van der Waals surface area (Å²) >= 11 is 6.81. The van der Waals surface area contributed by atoms with Crippen molar-refractivity contribution in [2.75, 3.05) is 5.73 Å². The molecule has 1 fully saturated rings. The van der Waals surface area contributed by atoms with Crippen molar-refractivity contribution in [1.82, 2.24) is 0 Å². The first kappa shape index (κ1) is 14.0. The van der Waals surface area contributed by atoms with Crippen LogP contribution in [0.3, 0.4) is 0 Å². The molecule has 3 N–H and O–H groups in total. The van der Waals surface area contributed by atoms with Crippen LogP contribution in [0.2, 0.25) is 0 Å². The van der Waals surface area contributed by atoms with Gasteiger partial charge in [-0.15, -0.1) is 0 Å². The molecule has 0 unspecified atom stereocenters. The molecule has 18 heavy (non-hydrogen) atoms. The number of aliphatic hydroxyl groups is 1. The summed E-state index contributed by atoms with van der Waals surface area (Å²) in [6, 6.07) is 3.79. The summed E-state index contributed by atoms with van der Waals surface area (Å²) in [6.07, 6.45) is 6.40. The van der Waals surface area contributed by atoms with E-state index < -0.39 is 5.72 Å². The van der Waals surface area contributed by atoms with Crippen LogP contribution < -0.4 is 5.73 Å². The molecule has 5 heteroatoms. The maximum absolute atomic E-state index is 10.3. The molecule has 3 nitrogen and oxygen atoms in total. The Bertz CT molecular complexity index is 468. The minimum atomic E-state index is -0.903. The van der Waals surface area contributed by atoms with Crippen LogP contribution in [0.5, 0.6) is 0 Å². The van der Waals surface area contributed by atoms with Crippen LogP contribution in [0.15, 0.2) is 26.1 Å². The molecule has 1 aliphatic carbocycles. The van der Waals surface area contributed by atoms with Gasteiger partial charge in [-0.05, 0) is 53.7 Å². The van der Waals surface area contributed by atoms with Crippen molar-refractivity contribution < 1.29 is 5.11 Å². The Hall–Kier alpha value is -0.390. The van der Waals surface area contributed by atoms with Crippen molar-refractivity contribution in [2.45, 2.75) is 37.8 Å². The Morgan fingerprint density at radius 3 is 2.56 bits per heavy atom. The van der Waals surface area contributed by atoms with E-state index in [4.69, 9.17) is 5.73 Å². The number of nitrogens with two attached hydrogens (primary N) is 1. The molecule has 0 radical (unpaired) electrons. The van der Waals surface area contributed by atoms with E-state index in [1.165, 1.54) is 6.42 Å². The molecule has 0 heterocycles. The SMILES string of the molecule is Nc1c(Br)cc(Br)cc1C=NC1(O)CCCCC1. The molecule has 1 aromatic rings. The molecule has 0 bridgehead atoms. The Balaban J connectivity index is 2.23. The third-order valence-electron chi connectivity index (χ3n) is 3.22. The van der Waals surface area contributed by atoms with E-state index >= 15 is 0 Å². The van der Waals surface area contributed by atoms with Gasteiger partial charge in [0.2, 0.25) is 0 Å². The smallest absolute Gasteiger partial charge is 0.155 e. The number of rotatable bonds is 2. The number of benzene rings is 1. The molecule has 0 aromatic heterocycles. The van der Waals surface area contributed by atoms with Crippen molar-refractivity contribution in [3.63, 3.8) is 0 Å². The molecule has 98 valence electrons. The number of hydrogen-bond donors (Lipinski definition) is 2. The van der Waals surface area contributed by atoms with Crippen LogP contribution in [0.4, 0.5) is 5.69 Å². The van der Waals surface area contributed by atoms with Gasteiger partial charge in [0.25, 0.3) is 0 Å². The summed E-state index contributed by atoms with van der Waals surface area (Å²) in [5.74, 6) is 0. The van der Waals surface area contributed by atoms with Crippen LogP contribution in [-0.2, 0) is 0 Å². The largest absolute Gasteiger partial charge is 0.397 e. The van der Waals surface area contributed by atoms with Crippen LogP contribution in [0.1, 0.15) is 37.7 Å². The lowest BCUT2D eigenvalue weighted by atomic mass is 9.92. The molecule has 1 aliphatic rings. The number of nitrogens with zero attached hydrogens (tertiary/aromatic N) is 1. The highest BCUT2D eigenvalue weighted by Gasteiger charge is 2.27. The first-order valence-electron chi connectivity index (χ1n) is 6.02. The van der Waals surface area contributed by atoms with Gasteiger partial charge in [-0.2, -0.15) is 0 Å². The number of hydrogen-bond acceptors (Lipinski definition) is 3. The van der Waals surface area contributed by atoms with Gasteiger partial charge in [-0.25, -0.2) is 0 Å². The minimum absolute atomic E-state index is 0.640. The Kier molecular flexibility index (Phi) is 4.45. The van der Waals surface area contributed by atoms with Gasteiger partial charge < -0.3 is 10.8 Å². The second-order valence-electron chi connectivity index (χ2n) is 4.69. The van der Waals surface area contributed by atoms with E-state index in [2.05, 4.69) is 36.9 Å². The molecule has 1 aromatic carbocycles. The van der Waals surface area contributed by atoms with Gasteiger partial charge in [-0.1, -0.05) is 22.4 Å². The lowest BCUT2D eigenvalue weighted by Crippen LogP contribution is -2.28. The zero-order chi connectivity index (χ0) is 13.2. The first-order valence-corrected chi connectivity index (χ1v) is 7.61. The first-order chi connectivity index (χ1) is 8.50. The molecule has 1 saturated carbocycles. The van der Waals surface area contributed by atoms with Crippen LogP contribution in [0, 0.1) is 0 Å². The zero-order valence-electron chi connectivity index (χ0n) is 10.00. The Morgan fingerprint density at radius 1 is 1.22 bits per heavy atom. The van der Waals surface area contributed by atoms with E-state index in [9.17, 15) is 5.11 Å². The fraction of sp³-hybridized carbons (Fsp3) is 0.462. The van der Waals surface area contributed by atoms with Crippen LogP contribution in [0.25, 0.3) is 0 Å². The lowest BCUT2D eigenvalue weighted by molar-refractivity contribution is 0.0135. The van der Waals surface area contributed by atoms with Crippen molar-refractivity contribution in [2.24, 2.45) is 4.99 Å². The highest BCUT2D eigenvalue weighted by molar-refractivity contribution is 9.11. The molecule has 0 spiro atoms. The number of nitrogen functional groups attached to an aromatic ring is 1. The molecular weight excluding hydrogens is 360 g/mol. The fourth-order valence-electron chi connectivity index (χ4n) is 2.15. The van der Waals surface area contributed by atoms with Gasteiger partial charge in [0.1, 0.15) is 0 Å². The summed E-state index contributed by atoms with van der Waals surface area (Å²) in [7, 11) is 0. The summed E-state index contributed by atoms with van der Waals surface area (Å²) < 4.78 is 1.76. The second-order valence-corrected chi connectivity index (χ2v) is 6.46. The third kappa shape index (κ3) is 3.33. The van der Waals surface area contributed by atoms with E-state index in [1.807, 2.05) is 12.1 Å². The van der Waals surface area contributed by atoms with Crippen molar-refractivity contribution in [3.8, 4) is 0 Å². The van der Waals surface area contributed by atoms with Gasteiger partial charge in [0.15, 0.2) is 5.72 Å². The number of anilines is 1. The van der Waals surface area contributed by atoms with Gasteiger partial charge in [0.05, 0.1) is 5.69 Å². The maximum atomic E-state index is 10.3. The standard InChI is InChI=1S/C13H16Br2N2O/c14-10-6-9(12(16)11(15)7-10)8-17-13(18)4-2-1-3-5-13/h6-8,18H,1-5,16H2. The van der Waals surface area contributed by atoms with Crippen molar-refractivity contribution in [3.05, 3.63) is 26.6 Å². The monoisotopic (exact) mass is 374 g/mol. The summed E-state index contributed by atoms with van der Waals surface area (Å²) in [6.45, 7) is 0. The van der Waals surface area contributed by atoms with Crippen LogP contribution in [-0.4, -0.2) is 17.0 Å². The predicted molar refractivity (Wildman–Crippen MR) is 81.9 cm³/mol. The maximum Gasteiger partial charge on any atom is 0.155 e. The topological polar surface area (TPSA) is 58.6 Å². The summed E-state index contributed by atoms with van der Waals surface area (Å²) in [5.41, 5.74) is 6.52. The molecule has 2 rings (SSSR count). The quantitative estimate of drug-likeness (QED) is 0.608. The highest BCUT2D eigenvalue weighted by atomic mass is 79.9. The van der Waals surface area contributed by atoms with Gasteiger partial charge >= 0.3 is 0 Å². The lowest BCUT2D eigenvalue weighted by Gasteiger charge is -2.27. The summed E-state index contributed by atoms with van der Waals surface area (Å²) in [5, 5.41) is 10.3. The van der Waals surface area contributed by atoms with Crippen LogP contribution >= 0.6 is 31.9 Å². The van der Waals surface area contributed by atoms with Gasteiger partial charge in [0, 0.05) is 20.7 Å². The number of aliphatic imine (C=N–C) groups is 1. The van der Waals surface area contributed by atoms with E-state index in [-0.39, 0.29) is 0 Å². The predicted octanol–water partition coefficient (Wildman–Crippen LogP) is 3.87. The molecule has 0 amide bonds. The number of halogens is 2. The Morgan fingerprint density at radius 2 is 1.89 bits per heavy atom.